The third-order valence-electron chi connectivity index (χ3n) is 3.06. The molecule has 0 unspecified atom stereocenters. The molecule has 1 aromatic carbocycles. The van der Waals surface area contributed by atoms with Crippen molar-refractivity contribution in [1.29, 1.82) is 0 Å². The molecular formula is C15H19F2NO2. The lowest BCUT2D eigenvalue weighted by molar-refractivity contribution is 0.183. The largest absolute Gasteiger partial charge is 0.456 e. The van der Waals surface area contributed by atoms with Crippen molar-refractivity contribution in [2.24, 2.45) is 5.92 Å². The van der Waals surface area contributed by atoms with Crippen molar-refractivity contribution >= 4 is 11.0 Å². The fraction of sp³-hybridized carbons (Fsp3) is 0.467. The van der Waals surface area contributed by atoms with Gasteiger partial charge in [0.2, 0.25) is 5.82 Å². The summed E-state index contributed by atoms with van der Waals surface area (Å²) in [5.41, 5.74) is 0.719. The van der Waals surface area contributed by atoms with Crippen LogP contribution in [0.4, 0.5) is 8.78 Å². The molecule has 0 aliphatic heterocycles. The fourth-order valence-electron chi connectivity index (χ4n) is 2.12. The van der Waals surface area contributed by atoms with Gasteiger partial charge in [0.15, 0.2) is 11.4 Å². The van der Waals surface area contributed by atoms with Crippen molar-refractivity contribution in [3.63, 3.8) is 0 Å². The van der Waals surface area contributed by atoms with Crippen molar-refractivity contribution in [2.75, 3.05) is 13.7 Å². The molecule has 0 spiro atoms. The highest BCUT2D eigenvalue weighted by atomic mass is 19.2. The lowest BCUT2D eigenvalue weighted by atomic mass is 10.1. The van der Waals surface area contributed by atoms with Crippen LogP contribution in [0.15, 0.2) is 16.5 Å². The third kappa shape index (κ3) is 2.99. The standard InChI is InChI=1S/C15H19F2NO2/c1-9(2)6-18-7-13-11(8-19-3)10-4-5-12(16)14(17)15(10)20-13/h4-5,9,18H,6-8H2,1-3H3. The second-order valence-corrected chi connectivity index (χ2v) is 5.20. The molecular weight excluding hydrogens is 264 g/mol. The SMILES string of the molecule is COCc1c(CNCC(C)C)oc2c(F)c(F)ccc12. The molecule has 0 aliphatic rings. The Morgan fingerprint density at radius 3 is 2.70 bits per heavy atom. The maximum Gasteiger partial charge on any atom is 0.201 e. The summed E-state index contributed by atoms with van der Waals surface area (Å²) in [7, 11) is 1.56. The van der Waals surface area contributed by atoms with E-state index in [0.29, 0.717) is 30.2 Å². The summed E-state index contributed by atoms with van der Waals surface area (Å²) in [5.74, 6) is -0.765. The number of methoxy groups -OCH3 is 1. The van der Waals surface area contributed by atoms with E-state index in [1.807, 2.05) is 0 Å². The molecule has 2 aromatic rings. The number of fused-ring (bicyclic) bond motifs is 1. The lowest BCUT2D eigenvalue weighted by Crippen LogP contribution is -2.19. The first kappa shape index (κ1) is 14.9. The highest BCUT2D eigenvalue weighted by Crippen LogP contribution is 2.29. The second kappa shape index (κ2) is 6.33. The quantitative estimate of drug-likeness (QED) is 0.879. The van der Waals surface area contributed by atoms with Gasteiger partial charge in [-0.1, -0.05) is 13.8 Å². The molecule has 1 heterocycles. The Morgan fingerprint density at radius 2 is 2.05 bits per heavy atom. The first-order valence-electron chi connectivity index (χ1n) is 6.62. The van der Waals surface area contributed by atoms with Crippen LogP contribution in [0.3, 0.4) is 0 Å². The van der Waals surface area contributed by atoms with Crippen molar-refractivity contribution in [1.82, 2.24) is 5.32 Å². The summed E-state index contributed by atoms with van der Waals surface area (Å²) in [6.45, 7) is 5.77. The Kier molecular flexibility index (Phi) is 4.73. The van der Waals surface area contributed by atoms with Gasteiger partial charge >= 0.3 is 0 Å². The monoisotopic (exact) mass is 283 g/mol. The molecule has 2 rings (SSSR count). The Bertz CT molecular complexity index is 593. The minimum Gasteiger partial charge on any atom is -0.456 e. The maximum atomic E-state index is 13.8. The van der Waals surface area contributed by atoms with Crippen LogP contribution in [-0.4, -0.2) is 13.7 Å². The summed E-state index contributed by atoms with van der Waals surface area (Å²) in [6, 6.07) is 2.63. The summed E-state index contributed by atoms with van der Waals surface area (Å²) >= 11 is 0. The molecule has 0 radical (unpaired) electrons. The Morgan fingerprint density at radius 1 is 1.30 bits per heavy atom. The van der Waals surface area contributed by atoms with Crippen LogP contribution >= 0.6 is 0 Å². The molecule has 0 fully saturated rings. The number of hydrogen-bond donors (Lipinski definition) is 1. The van der Waals surface area contributed by atoms with E-state index >= 15 is 0 Å². The number of halogens is 2. The zero-order valence-corrected chi connectivity index (χ0v) is 11.9. The van der Waals surface area contributed by atoms with Gasteiger partial charge in [-0.3, -0.25) is 0 Å². The van der Waals surface area contributed by atoms with Gasteiger partial charge < -0.3 is 14.5 Å². The minimum atomic E-state index is -0.949. The first-order chi connectivity index (χ1) is 9.54. The van der Waals surface area contributed by atoms with Gasteiger partial charge in [0.05, 0.1) is 13.2 Å². The number of nitrogens with one attached hydrogen (secondary N) is 1. The van der Waals surface area contributed by atoms with E-state index in [1.165, 1.54) is 6.07 Å². The maximum absolute atomic E-state index is 13.8. The Balaban J connectivity index is 2.37. The normalized spacial score (nSPS) is 11.7. The topological polar surface area (TPSA) is 34.4 Å². The third-order valence-corrected chi connectivity index (χ3v) is 3.06. The smallest absolute Gasteiger partial charge is 0.201 e. The van der Waals surface area contributed by atoms with Crippen molar-refractivity contribution in [2.45, 2.75) is 27.0 Å². The van der Waals surface area contributed by atoms with E-state index in [4.69, 9.17) is 9.15 Å². The predicted octanol–water partition coefficient (Wildman–Crippen LogP) is 3.60. The summed E-state index contributed by atoms with van der Waals surface area (Å²) in [4.78, 5) is 0. The number of furan rings is 1. The van der Waals surface area contributed by atoms with Gasteiger partial charge in [-0.15, -0.1) is 0 Å². The van der Waals surface area contributed by atoms with Crippen LogP contribution < -0.4 is 5.32 Å². The van der Waals surface area contributed by atoms with Crippen LogP contribution in [-0.2, 0) is 17.9 Å². The van der Waals surface area contributed by atoms with E-state index in [1.54, 1.807) is 7.11 Å². The van der Waals surface area contributed by atoms with E-state index in [-0.39, 0.29) is 5.58 Å². The number of ether oxygens (including phenoxy) is 1. The van der Waals surface area contributed by atoms with Gasteiger partial charge in [-0.05, 0) is 24.6 Å². The van der Waals surface area contributed by atoms with Gasteiger partial charge in [0.1, 0.15) is 5.76 Å². The van der Waals surface area contributed by atoms with Crippen molar-refractivity contribution in [3.8, 4) is 0 Å². The molecule has 0 aliphatic carbocycles. The molecule has 0 amide bonds. The van der Waals surface area contributed by atoms with Gasteiger partial charge in [0, 0.05) is 18.1 Å². The van der Waals surface area contributed by atoms with Crippen LogP contribution in [0, 0.1) is 17.6 Å². The highest BCUT2D eigenvalue weighted by molar-refractivity contribution is 5.82. The van der Waals surface area contributed by atoms with E-state index in [0.717, 1.165) is 18.2 Å². The molecule has 0 saturated carbocycles. The summed E-state index contributed by atoms with van der Waals surface area (Å²) in [6.07, 6.45) is 0. The molecule has 1 N–H and O–H groups in total. The fourth-order valence-corrected chi connectivity index (χ4v) is 2.12. The zero-order valence-electron chi connectivity index (χ0n) is 11.9. The molecule has 3 nitrogen and oxygen atoms in total. The van der Waals surface area contributed by atoms with Crippen LogP contribution in [0.25, 0.3) is 11.0 Å². The van der Waals surface area contributed by atoms with Crippen LogP contribution in [0.2, 0.25) is 0 Å². The number of benzene rings is 1. The lowest BCUT2D eigenvalue weighted by Gasteiger charge is -2.07. The first-order valence-corrected chi connectivity index (χ1v) is 6.62. The average molecular weight is 283 g/mol. The molecule has 5 heteroatoms. The van der Waals surface area contributed by atoms with E-state index in [9.17, 15) is 8.78 Å². The van der Waals surface area contributed by atoms with Crippen molar-refractivity contribution < 1.29 is 17.9 Å². The van der Waals surface area contributed by atoms with Gasteiger partial charge in [-0.2, -0.15) is 4.39 Å². The van der Waals surface area contributed by atoms with Crippen LogP contribution in [0.1, 0.15) is 25.2 Å². The molecule has 0 atom stereocenters. The second-order valence-electron chi connectivity index (χ2n) is 5.20. The predicted molar refractivity (Wildman–Crippen MR) is 73.4 cm³/mol. The van der Waals surface area contributed by atoms with Gasteiger partial charge in [-0.25, -0.2) is 4.39 Å². The summed E-state index contributed by atoms with van der Waals surface area (Å²) < 4.78 is 37.6. The zero-order chi connectivity index (χ0) is 14.7. The average Bonchev–Trinajstić information content (AvgIpc) is 2.73. The van der Waals surface area contributed by atoms with E-state index < -0.39 is 11.6 Å². The molecule has 0 saturated heterocycles. The summed E-state index contributed by atoms with van der Waals surface area (Å²) in [5, 5.41) is 3.79. The highest BCUT2D eigenvalue weighted by Gasteiger charge is 2.19. The molecule has 0 bridgehead atoms. The van der Waals surface area contributed by atoms with Gasteiger partial charge in [0.25, 0.3) is 0 Å². The Labute approximate surface area is 116 Å². The van der Waals surface area contributed by atoms with Crippen molar-refractivity contribution in [3.05, 3.63) is 35.1 Å². The molecule has 1 aromatic heterocycles. The number of hydrogen-bond acceptors (Lipinski definition) is 3. The Hall–Kier alpha value is -1.46. The molecule has 20 heavy (non-hydrogen) atoms. The minimum absolute atomic E-state index is 0.0432. The molecule has 110 valence electrons. The van der Waals surface area contributed by atoms with Crippen LogP contribution in [0.5, 0.6) is 0 Å². The van der Waals surface area contributed by atoms with E-state index in [2.05, 4.69) is 19.2 Å². The number of rotatable bonds is 6.